The Labute approximate surface area is 566 Å². The Kier molecular flexibility index (Phi) is 119. The summed E-state index contributed by atoms with van der Waals surface area (Å²) in [5, 5.41) is 0. The molecule has 0 saturated carbocycles. The van der Waals surface area contributed by atoms with Gasteiger partial charge in [0.05, 0.1) is 26.4 Å². The largest absolute Gasteiger partial charge is 2.00 e. The molecule has 8 nitrogen and oxygen atoms in total. The number of carbonyl (C=O) groups is 4. The molecule has 0 N–H and O–H groups in total. The molecule has 0 aliphatic heterocycles. The van der Waals surface area contributed by atoms with Gasteiger partial charge in [0.25, 0.3) is 0 Å². The molecule has 0 aromatic rings. The Morgan fingerprint density at radius 2 is 0.420 bits per heavy atom. The number of allylic oxidation sites excluding steroid dienone is 8. The van der Waals surface area contributed by atoms with Gasteiger partial charge in [0.1, 0.15) is 0 Å². The van der Waals surface area contributed by atoms with E-state index in [9.17, 15) is 19.2 Å². The fourth-order valence-corrected chi connectivity index (χ4v) is 7.81. The average molecular weight is 1450 g/mol. The number of hydrogen-bond acceptors (Lipinski definition) is 12. The first-order valence-electron chi connectivity index (χ1n) is 30.8. The zero-order valence-corrected chi connectivity index (χ0v) is 60.9. The third-order valence-corrected chi connectivity index (χ3v) is 12.5. The van der Waals surface area contributed by atoms with Crippen LogP contribution in [0, 0.1) is 0 Å². The van der Waals surface area contributed by atoms with E-state index in [-0.39, 0.29) is 100 Å². The third kappa shape index (κ3) is 105. The van der Waals surface area contributed by atoms with Crippen molar-refractivity contribution < 1.29 is 38.1 Å². The smallest absolute Gasteiger partial charge is 0.789 e. The van der Waals surface area contributed by atoms with E-state index in [1.54, 1.807) is 0 Å². The molecule has 0 rings (SSSR count). The Balaban J connectivity index is -0.000000119. The van der Waals surface area contributed by atoms with Crippen LogP contribution in [0.5, 0.6) is 0 Å². The van der Waals surface area contributed by atoms with Gasteiger partial charge in [-0.3, -0.25) is 19.2 Å². The van der Waals surface area contributed by atoms with Crippen molar-refractivity contribution in [1.29, 1.82) is 0 Å². The van der Waals surface area contributed by atoms with Gasteiger partial charge < -0.3 is 69.5 Å². The summed E-state index contributed by atoms with van der Waals surface area (Å²) in [6.45, 7) is 10.4. The number of carbonyl (C=O) groups excluding carboxylic acids is 4. The normalized spacial score (nSPS) is 10.4. The number of rotatable bonds is 52. The van der Waals surface area contributed by atoms with Crippen LogP contribution in [0.25, 0.3) is 0 Å². The Morgan fingerprint density at radius 3 is 0.580 bits per heavy atom. The van der Waals surface area contributed by atoms with E-state index in [1.807, 2.05) is 0 Å². The van der Waals surface area contributed by atoms with Crippen molar-refractivity contribution in [3.63, 3.8) is 0 Å². The van der Waals surface area contributed by atoms with Gasteiger partial charge in [0.15, 0.2) is 0 Å². The summed E-state index contributed by atoms with van der Waals surface area (Å²) < 4.78 is 19.7. The van der Waals surface area contributed by atoms with Gasteiger partial charge in [0, 0.05) is 25.7 Å². The van der Waals surface area contributed by atoms with Crippen molar-refractivity contribution in [2.45, 2.75) is 299 Å². The summed E-state index contributed by atoms with van der Waals surface area (Å²) in [6.07, 6.45) is 64.0. The molecule has 0 heterocycles. The number of ether oxygens (including phenoxy) is 4. The number of unbranched alkanes of at least 4 members (excludes halogenated alkanes) is 28. The molecule has 0 aromatic carbocycles. The van der Waals surface area contributed by atoms with Gasteiger partial charge in [-0.15, -0.1) is 23.0 Å². The standard InChI is InChI=1S/4C16H30O2S.2CH4.H2S.2Sn/c4*1-2-3-4-5-6-7-8-9-10-11-12-13-16(17)18-14-15-19;;;;;/h4*4-5,19H,2-3,6-15H2,1H3;2*1H4;1H2;;/q;;;;;;;2*+2/p-4/b4*5-4+;;;;;. The average Bonchev–Trinajstić information content (AvgIpc) is 3.42. The second kappa shape index (κ2) is 96.5. The molecule has 0 aromatic heterocycles. The van der Waals surface area contributed by atoms with Crippen LogP contribution in [0.1, 0.15) is 299 Å². The molecule has 0 amide bonds. The van der Waals surface area contributed by atoms with Crippen molar-refractivity contribution in [2.75, 3.05) is 49.4 Å². The first kappa shape index (κ1) is 100. The molecule has 476 valence electrons. The molecular weight excluding hydrogens is 1320 g/mol. The van der Waals surface area contributed by atoms with Gasteiger partial charge in [-0.1, -0.05) is 220 Å². The van der Waals surface area contributed by atoms with Gasteiger partial charge in [-0.2, -0.15) is 13.5 Å². The van der Waals surface area contributed by atoms with E-state index >= 15 is 0 Å². The molecule has 0 fully saturated rings. The molecule has 0 bridgehead atoms. The summed E-state index contributed by atoms with van der Waals surface area (Å²) in [5.74, 6) is 1.63. The van der Waals surface area contributed by atoms with Crippen LogP contribution >= 0.6 is 13.5 Å². The molecule has 15 heteroatoms. The Morgan fingerprint density at radius 1 is 0.272 bits per heavy atom. The zero-order chi connectivity index (χ0) is 56.7. The minimum atomic E-state index is -0.0917. The first-order chi connectivity index (χ1) is 37.2. The predicted octanol–water partition coefficient (Wildman–Crippen LogP) is 18.8. The number of esters is 4. The topological polar surface area (TPSA) is 105 Å². The van der Waals surface area contributed by atoms with Crippen LogP contribution in [-0.2, 0) is 88.6 Å². The summed E-state index contributed by atoms with van der Waals surface area (Å²) in [5.41, 5.74) is 0. The van der Waals surface area contributed by atoms with Gasteiger partial charge in [0.2, 0.25) is 0 Å². The molecule has 0 atom stereocenters. The van der Waals surface area contributed by atoms with Crippen LogP contribution in [0.2, 0.25) is 0 Å². The van der Waals surface area contributed by atoms with Crippen LogP contribution < -0.4 is 0 Å². The van der Waals surface area contributed by atoms with Crippen molar-refractivity contribution >= 4 is 136 Å². The minimum Gasteiger partial charge on any atom is -0.789 e. The molecule has 81 heavy (non-hydrogen) atoms. The monoisotopic (exact) mass is 1450 g/mol. The fourth-order valence-electron chi connectivity index (χ4n) is 7.47. The van der Waals surface area contributed by atoms with Crippen molar-refractivity contribution in [3.8, 4) is 0 Å². The van der Waals surface area contributed by atoms with E-state index < -0.39 is 0 Å². The van der Waals surface area contributed by atoms with Crippen molar-refractivity contribution in [1.82, 2.24) is 0 Å². The second-order valence-corrected chi connectivity index (χ2v) is 21.0. The van der Waals surface area contributed by atoms with Crippen LogP contribution in [0.15, 0.2) is 48.6 Å². The molecule has 0 saturated heterocycles. The fraction of sp³-hybridized carbons (Fsp3) is 0.818. The molecule has 0 aliphatic rings. The quantitative estimate of drug-likeness (QED) is 0.0145. The zero-order valence-electron chi connectivity index (χ0n) is 51.0. The first-order valence-corrected chi connectivity index (χ1v) is 33.1. The maximum absolute atomic E-state index is 11.2. The summed E-state index contributed by atoms with van der Waals surface area (Å²) in [7, 11) is 0. The third-order valence-electron chi connectivity index (χ3n) is 11.9. The Bertz CT molecular complexity index is 1120. The SMILES string of the molecule is C.C.CCC/C=C/CCCCCCCCC(=O)OCC[S-].CCC/C=C/CCCCCCCCC(=O)OCC[S-].CCC/C=C/CCCCCCCCC(=O)OCC[S-].CCC/C=C/CCCCCCCCC(=O)OCC[S-].S.[Sn+2].[Sn+2]. The number of hydrogen-bond donors (Lipinski definition) is 0. The molecule has 0 aliphatic carbocycles. The Hall–Kier alpha value is 0.187. The van der Waals surface area contributed by atoms with E-state index in [0.717, 1.165) is 51.4 Å². The van der Waals surface area contributed by atoms with Gasteiger partial charge in [-0.05, 0) is 103 Å². The van der Waals surface area contributed by atoms with E-state index in [1.165, 1.54) is 180 Å². The van der Waals surface area contributed by atoms with Crippen molar-refractivity contribution in [2.24, 2.45) is 0 Å². The van der Waals surface area contributed by atoms with Crippen molar-refractivity contribution in [3.05, 3.63) is 48.6 Å². The van der Waals surface area contributed by atoms with Crippen LogP contribution in [-0.4, -0.2) is 121 Å². The summed E-state index contributed by atoms with van der Waals surface area (Å²) in [6, 6.07) is 0. The molecule has 0 unspecified atom stereocenters. The van der Waals surface area contributed by atoms with Gasteiger partial charge in [-0.25, -0.2) is 0 Å². The predicted molar refractivity (Wildman–Crippen MR) is 372 cm³/mol. The van der Waals surface area contributed by atoms with E-state index in [4.69, 9.17) is 69.5 Å². The second-order valence-electron chi connectivity index (χ2n) is 19.4. The molecule has 0 spiro atoms. The van der Waals surface area contributed by atoms with Crippen LogP contribution in [0.4, 0.5) is 0 Å². The summed E-state index contributed by atoms with van der Waals surface area (Å²) >= 11 is 18.9. The summed E-state index contributed by atoms with van der Waals surface area (Å²) in [4.78, 5) is 44.7. The maximum atomic E-state index is 11.2. The molecular formula is C66H126O8S5Sn2. The van der Waals surface area contributed by atoms with E-state index in [2.05, 4.69) is 76.3 Å². The van der Waals surface area contributed by atoms with E-state index in [0.29, 0.717) is 75.1 Å². The minimum absolute atomic E-state index is 0. The maximum Gasteiger partial charge on any atom is 2.00 e. The van der Waals surface area contributed by atoms with Crippen LogP contribution in [0.3, 0.4) is 0 Å². The molecule has 4 radical (unpaired) electrons. The van der Waals surface area contributed by atoms with Gasteiger partial charge >= 0.3 is 71.7 Å².